The number of rotatable bonds is 7. The molecule has 0 aliphatic carbocycles. The first kappa shape index (κ1) is 16.2. The lowest BCUT2D eigenvalue weighted by Gasteiger charge is -2.03. The average molecular weight is 347 g/mol. The fourth-order valence-corrected chi connectivity index (χ4v) is 3.91. The van der Waals surface area contributed by atoms with Crippen molar-refractivity contribution in [2.45, 2.75) is 18.7 Å². The van der Waals surface area contributed by atoms with E-state index >= 15 is 0 Å². The van der Waals surface area contributed by atoms with Gasteiger partial charge in [0.2, 0.25) is 0 Å². The van der Waals surface area contributed by atoms with Crippen LogP contribution in [-0.4, -0.2) is 32.2 Å². The molecule has 23 heavy (non-hydrogen) atoms. The number of nitrogens with zero attached hydrogens (tertiary/aromatic N) is 3. The highest BCUT2D eigenvalue weighted by molar-refractivity contribution is 7.98. The molecule has 0 spiro atoms. The van der Waals surface area contributed by atoms with Crippen molar-refractivity contribution in [2.75, 3.05) is 12.4 Å². The number of hydrogen-bond acceptors (Lipinski definition) is 6. The van der Waals surface area contributed by atoms with Crippen molar-refractivity contribution >= 4 is 33.9 Å². The Morgan fingerprint density at radius 1 is 1.30 bits per heavy atom. The fourth-order valence-electron chi connectivity index (χ4n) is 2.20. The zero-order valence-electron chi connectivity index (χ0n) is 12.5. The highest BCUT2D eigenvalue weighted by atomic mass is 32.2. The van der Waals surface area contributed by atoms with E-state index < -0.39 is 0 Å². The first-order valence-corrected chi connectivity index (χ1v) is 9.38. The Hall–Kier alpha value is -1.70. The molecule has 0 fully saturated rings. The lowest BCUT2D eigenvalue weighted by atomic mass is 10.2. The quantitative estimate of drug-likeness (QED) is 0.665. The van der Waals surface area contributed by atoms with E-state index in [9.17, 15) is 4.79 Å². The SMILES string of the molecule is O=c1c2ccccc2cnn1Cc1nc(CSCCCO)cs1. The van der Waals surface area contributed by atoms with Crippen LogP contribution in [0, 0.1) is 0 Å². The molecule has 1 aromatic carbocycles. The van der Waals surface area contributed by atoms with Gasteiger partial charge in [-0.2, -0.15) is 16.9 Å². The largest absolute Gasteiger partial charge is 0.396 e. The van der Waals surface area contributed by atoms with Gasteiger partial charge in [-0.3, -0.25) is 4.79 Å². The van der Waals surface area contributed by atoms with E-state index in [4.69, 9.17) is 5.11 Å². The smallest absolute Gasteiger partial charge is 0.275 e. The van der Waals surface area contributed by atoms with Crippen molar-refractivity contribution < 1.29 is 5.11 Å². The Morgan fingerprint density at radius 2 is 2.17 bits per heavy atom. The van der Waals surface area contributed by atoms with Crippen LogP contribution in [-0.2, 0) is 12.3 Å². The molecule has 2 aromatic heterocycles. The summed E-state index contributed by atoms with van der Waals surface area (Å²) in [5.41, 5.74) is 0.930. The minimum atomic E-state index is -0.0860. The number of thioether (sulfide) groups is 1. The van der Waals surface area contributed by atoms with Gasteiger partial charge >= 0.3 is 0 Å². The number of aliphatic hydroxyl groups is 1. The van der Waals surface area contributed by atoms with Crippen molar-refractivity contribution in [1.82, 2.24) is 14.8 Å². The minimum absolute atomic E-state index is 0.0860. The molecule has 0 unspecified atom stereocenters. The normalized spacial score (nSPS) is 11.2. The summed E-state index contributed by atoms with van der Waals surface area (Å²) < 4.78 is 1.46. The molecule has 0 aliphatic heterocycles. The van der Waals surface area contributed by atoms with Gasteiger partial charge in [0.25, 0.3) is 5.56 Å². The molecule has 5 nitrogen and oxygen atoms in total. The number of thiazole rings is 1. The van der Waals surface area contributed by atoms with Crippen LogP contribution in [0.3, 0.4) is 0 Å². The molecule has 3 aromatic rings. The van der Waals surface area contributed by atoms with Crippen LogP contribution >= 0.6 is 23.1 Å². The van der Waals surface area contributed by atoms with Crippen LogP contribution in [0.25, 0.3) is 10.8 Å². The molecule has 0 aliphatic rings. The summed E-state index contributed by atoms with van der Waals surface area (Å²) in [6.45, 7) is 0.626. The maximum Gasteiger partial charge on any atom is 0.275 e. The van der Waals surface area contributed by atoms with Gasteiger partial charge in [-0.05, 0) is 18.2 Å². The van der Waals surface area contributed by atoms with E-state index in [2.05, 4.69) is 10.1 Å². The minimum Gasteiger partial charge on any atom is -0.396 e. The molecule has 2 heterocycles. The highest BCUT2D eigenvalue weighted by Gasteiger charge is 2.07. The predicted octanol–water partition coefficient (Wildman–Crippen LogP) is 2.52. The standard InChI is InChI=1S/C16H17N3O2S2/c20-6-3-7-22-10-13-11-23-15(18-13)9-19-16(21)14-5-2-1-4-12(14)8-17-19/h1-2,4-5,8,11,20H,3,6-7,9-10H2. The van der Waals surface area contributed by atoms with Crippen LogP contribution < -0.4 is 5.56 Å². The Morgan fingerprint density at radius 3 is 3.04 bits per heavy atom. The molecule has 0 atom stereocenters. The van der Waals surface area contributed by atoms with Crippen molar-refractivity contribution in [1.29, 1.82) is 0 Å². The number of fused-ring (bicyclic) bond motifs is 1. The highest BCUT2D eigenvalue weighted by Crippen LogP contribution is 2.17. The third-order valence-corrected chi connectivity index (χ3v) is 5.30. The van der Waals surface area contributed by atoms with E-state index in [0.717, 1.165) is 34.0 Å². The van der Waals surface area contributed by atoms with E-state index in [1.54, 1.807) is 29.3 Å². The Kier molecular flexibility index (Phi) is 5.43. The number of benzene rings is 1. The van der Waals surface area contributed by atoms with Crippen LogP contribution in [0.1, 0.15) is 17.1 Å². The first-order chi connectivity index (χ1) is 11.3. The van der Waals surface area contributed by atoms with Gasteiger partial charge in [-0.25, -0.2) is 9.67 Å². The summed E-state index contributed by atoms with van der Waals surface area (Å²) in [5, 5.41) is 17.4. The van der Waals surface area contributed by atoms with Crippen molar-refractivity contribution in [3.05, 3.63) is 56.9 Å². The zero-order chi connectivity index (χ0) is 16.1. The average Bonchev–Trinajstić information content (AvgIpc) is 3.02. The number of aromatic nitrogens is 3. The molecule has 0 saturated carbocycles. The topological polar surface area (TPSA) is 68.0 Å². The summed E-state index contributed by atoms with van der Waals surface area (Å²) in [6, 6.07) is 7.47. The second-order valence-corrected chi connectivity index (χ2v) is 7.10. The summed E-state index contributed by atoms with van der Waals surface area (Å²) in [4.78, 5) is 17.0. The maximum absolute atomic E-state index is 12.4. The zero-order valence-corrected chi connectivity index (χ0v) is 14.1. The molecule has 0 saturated heterocycles. The number of aliphatic hydroxyl groups excluding tert-OH is 1. The van der Waals surface area contributed by atoms with E-state index in [-0.39, 0.29) is 12.2 Å². The molecule has 0 radical (unpaired) electrons. The molecule has 7 heteroatoms. The van der Waals surface area contributed by atoms with Gasteiger partial charge in [-0.1, -0.05) is 18.2 Å². The lowest BCUT2D eigenvalue weighted by Crippen LogP contribution is -2.23. The van der Waals surface area contributed by atoms with Crippen LogP contribution in [0.4, 0.5) is 0 Å². The van der Waals surface area contributed by atoms with Gasteiger partial charge in [0.1, 0.15) is 5.01 Å². The molecule has 120 valence electrons. The Balaban J connectivity index is 1.71. The van der Waals surface area contributed by atoms with Gasteiger partial charge in [0, 0.05) is 23.1 Å². The summed E-state index contributed by atoms with van der Waals surface area (Å²) in [7, 11) is 0. The Bertz CT molecular complexity index is 844. The molecular formula is C16H17N3O2S2. The lowest BCUT2D eigenvalue weighted by molar-refractivity contribution is 0.296. The van der Waals surface area contributed by atoms with Crippen LogP contribution in [0.15, 0.2) is 40.6 Å². The predicted molar refractivity (Wildman–Crippen MR) is 95.1 cm³/mol. The fraction of sp³-hybridized carbons (Fsp3) is 0.312. The third kappa shape index (κ3) is 3.99. The molecular weight excluding hydrogens is 330 g/mol. The summed E-state index contributed by atoms with van der Waals surface area (Å²) in [6.07, 6.45) is 2.52. The van der Waals surface area contributed by atoms with Gasteiger partial charge in [-0.15, -0.1) is 11.3 Å². The van der Waals surface area contributed by atoms with Gasteiger partial charge in [0.05, 0.1) is 23.8 Å². The van der Waals surface area contributed by atoms with Crippen molar-refractivity contribution in [2.24, 2.45) is 0 Å². The monoisotopic (exact) mass is 347 g/mol. The second-order valence-electron chi connectivity index (χ2n) is 5.06. The first-order valence-electron chi connectivity index (χ1n) is 7.34. The molecule has 3 rings (SSSR count). The van der Waals surface area contributed by atoms with E-state index in [1.165, 1.54) is 4.68 Å². The van der Waals surface area contributed by atoms with E-state index in [0.29, 0.717) is 11.9 Å². The maximum atomic E-state index is 12.4. The van der Waals surface area contributed by atoms with Gasteiger partial charge in [0.15, 0.2) is 0 Å². The number of hydrogen-bond donors (Lipinski definition) is 1. The van der Waals surface area contributed by atoms with Crippen molar-refractivity contribution in [3.63, 3.8) is 0 Å². The van der Waals surface area contributed by atoms with Crippen molar-refractivity contribution in [3.8, 4) is 0 Å². The van der Waals surface area contributed by atoms with Gasteiger partial charge < -0.3 is 5.11 Å². The summed E-state index contributed by atoms with van der Waals surface area (Å²) >= 11 is 3.30. The summed E-state index contributed by atoms with van der Waals surface area (Å²) in [5.74, 6) is 1.76. The second kappa shape index (κ2) is 7.72. The van der Waals surface area contributed by atoms with Crippen LogP contribution in [0.5, 0.6) is 0 Å². The van der Waals surface area contributed by atoms with Crippen LogP contribution in [0.2, 0.25) is 0 Å². The van der Waals surface area contributed by atoms with E-state index in [1.807, 2.05) is 29.6 Å². The molecule has 1 N–H and O–H groups in total. The Labute approximate surface area is 142 Å². The third-order valence-electron chi connectivity index (χ3n) is 3.34. The molecule has 0 bridgehead atoms. The molecule has 0 amide bonds.